The molecule has 0 atom stereocenters. The molecule has 7 heteroatoms. The monoisotopic (exact) mass is 359 g/mol. The third-order valence-electron chi connectivity index (χ3n) is 4.87. The summed E-state index contributed by atoms with van der Waals surface area (Å²) >= 11 is 0. The van der Waals surface area contributed by atoms with Crippen LogP contribution in [0.4, 0.5) is 5.69 Å². The largest absolute Gasteiger partial charge is 0.461 e. The fourth-order valence-corrected chi connectivity index (χ4v) is 3.45. The number of hydrogen-bond donors (Lipinski definition) is 2. The van der Waals surface area contributed by atoms with Crippen LogP contribution in [-0.2, 0) is 9.53 Å². The average Bonchev–Trinajstić information content (AvgIpc) is 3.12. The minimum atomic E-state index is -0.295. The van der Waals surface area contributed by atoms with Gasteiger partial charge in [0, 0.05) is 51.2 Å². The first-order chi connectivity index (χ1) is 12.7. The molecule has 2 heterocycles. The number of nitrogens with zero attached hydrogens (tertiary/aromatic N) is 3. The molecule has 1 aromatic rings. The van der Waals surface area contributed by atoms with Gasteiger partial charge in [-0.1, -0.05) is 18.2 Å². The lowest BCUT2D eigenvalue weighted by Gasteiger charge is -2.37. The standard InChI is InChI=1S/C19H29N5O2/c1-3-26-19(25)18-15-20-21-24(18)10-6-9-22-11-13-23(14-12-22)17-8-5-4-7-16(17)2/h4-5,7-8,15,20-21H,3,6,9-14H2,1-2H3. The van der Waals surface area contributed by atoms with E-state index in [4.69, 9.17) is 4.74 Å². The molecule has 26 heavy (non-hydrogen) atoms. The Balaban J connectivity index is 1.40. The molecule has 3 rings (SSSR count). The van der Waals surface area contributed by atoms with E-state index in [0.717, 1.165) is 45.7 Å². The van der Waals surface area contributed by atoms with Crippen molar-refractivity contribution in [3.63, 3.8) is 0 Å². The van der Waals surface area contributed by atoms with Gasteiger partial charge in [0.05, 0.1) is 6.61 Å². The van der Waals surface area contributed by atoms with Crippen molar-refractivity contribution in [2.75, 3.05) is 50.8 Å². The van der Waals surface area contributed by atoms with Gasteiger partial charge in [0.25, 0.3) is 0 Å². The smallest absolute Gasteiger partial charge is 0.357 e. The first-order valence-electron chi connectivity index (χ1n) is 9.38. The zero-order valence-corrected chi connectivity index (χ0v) is 15.7. The molecule has 0 amide bonds. The number of hydrazine groups is 2. The van der Waals surface area contributed by atoms with E-state index in [1.54, 1.807) is 6.20 Å². The molecule has 1 fully saturated rings. The number of rotatable bonds is 7. The number of nitrogens with one attached hydrogen (secondary N) is 2. The normalized spacial score (nSPS) is 17.8. The van der Waals surface area contributed by atoms with Crippen LogP contribution in [0, 0.1) is 6.92 Å². The molecule has 0 bridgehead atoms. The van der Waals surface area contributed by atoms with E-state index in [2.05, 4.69) is 51.9 Å². The Bertz CT molecular complexity index is 641. The van der Waals surface area contributed by atoms with Gasteiger partial charge in [-0.15, -0.1) is 5.53 Å². The summed E-state index contributed by atoms with van der Waals surface area (Å²) < 4.78 is 5.07. The lowest BCUT2D eigenvalue weighted by atomic mass is 10.1. The summed E-state index contributed by atoms with van der Waals surface area (Å²) in [6.45, 7) is 10.4. The number of para-hydroxylation sites is 1. The molecule has 0 radical (unpaired) electrons. The molecular formula is C19H29N5O2. The van der Waals surface area contributed by atoms with Gasteiger partial charge in [0.1, 0.15) is 0 Å². The molecule has 0 aromatic heterocycles. The summed E-state index contributed by atoms with van der Waals surface area (Å²) in [5.74, 6) is -0.295. The minimum absolute atomic E-state index is 0.295. The van der Waals surface area contributed by atoms with E-state index in [-0.39, 0.29) is 5.97 Å². The lowest BCUT2D eigenvalue weighted by molar-refractivity contribution is -0.140. The molecule has 2 N–H and O–H groups in total. The second kappa shape index (κ2) is 8.91. The van der Waals surface area contributed by atoms with Crippen molar-refractivity contribution in [1.29, 1.82) is 0 Å². The summed E-state index contributed by atoms with van der Waals surface area (Å²) in [7, 11) is 0. The first kappa shape index (κ1) is 18.5. The van der Waals surface area contributed by atoms with Crippen molar-refractivity contribution in [1.82, 2.24) is 20.9 Å². The van der Waals surface area contributed by atoms with Gasteiger partial charge in [0.2, 0.25) is 0 Å². The molecule has 0 unspecified atom stereocenters. The van der Waals surface area contributed by atoms with Crippen LogP contribution < -0.4 is 15.9 Å². The van der Waals surface area contributed by atoms with Crippen molar-refractivity contribution in [2.45, 2.75) is 20.3 Å². The SMILES string of the molecule is CCOC(=O)C1=CNNN1CCCN1CCN(c2ccccc2C)CC1. The number of aryl methyl sites for hydroxylation is 1. The summed E-state index contributed by atoms with van der Waals surface area (Å²) in [5.41, 5.74) is 9.08. The van der Waals surface area contributed by atoms with Gasteiger partial charge >= 0.3 is 5.97 Å². The molecule has 2 aliphatic heterocycles. The van der Waals surface area contributed by atoms with Gasteiger partial charge in [-0.25, -0.2) is 4.79 Å². The average molecular weight is 359 g/mol. The maximum atomic E-state index is 11.9. The van der Waals surface area contributed by atoms with Crippen LogP contribution in [-0.4, -0.2) is 61.8 Å². The highest BCUT2D eigenvalue weighted by Crippen LogP contribution is 2.20. The Morgan fingerprint density at radius 3 is 2.65 bits per heavy atom. The van der Waals surface area contributed by atoms with Crippen LogP contribution >= 0.6 is 0 Å². The Labute approximate surface area is 155 Å². The molecule has 0 spiro atoms. The van der Waals surface area contributed by atoms with Crippen molar-refractivity contribution in [3.8, 4) is 0 Å². The number of carbonyl (C=O) groups is 1. The van der Waals surface area contributed by atoms with E-state index < -0.39 is 0 Å². The number of esters is 1. The van der Waals surface area contributed by atoms with Crippen LogP contribution in [0.5, 0.6) is 0 Å². The minimum Gasteiger partial charge on any atom is -0.461 e. The van der Waals surface area contributed by atoms with Crippen molar-refractivity contribution in [2.24, 2.45) is 0 Å². The molecule has 2 aliphatic rings. The number of benzene rings is 1. The highest BCUT2D eigenvalue weighted by atomic mass is 16.5. The van der Waals surface area contributed by atoms with Crippen LogP contribution in [0.15, 0.2) is 36.2 Å². The van der Waals surface area contributed by atoms with Crippen molar-refractivity contribution >= 4 is 11.7 Å². The number of carbonyl (C=O) groups excluding carboxylic acids is 1. The summed E-state index contributed by atoms with van der Waals surface area (Å²) in [6.07, 6.45) is 2.63. The van der Waals surface area contributed by atoms with E-state index in [9.17, 15) is 4.79 Å². The maximum Gasteiger partial charge on any atom is 0.357 e. The highest BCUT2D eigenvalue weighted by molar-refractivity contribution is 5.87. The summed E-state index contributed by atoms with van der Waals surface area (Å²) in [4.78, 5) is 16.9. The quantitative estimate of drug-likeness (QED) is 0.710. The van der Waals surface area contributed by atoms with E-state index in [1.807, 2.05) is 11.9 Å². The summed E-state index contributed by atoms with van der Waals surface area (Å²) in [5, 5.41) is 1.82. The fraction of sp³-hybridized carbons (Fsp3) is 0.526. The Kier molecular flexibility index (Phi) is 6.35. The predicted molar refractivity (Wildman–Crippen MR) is 102 cm³/mol. The summed E-state index contributed by atoms with van der Waals surface area (Å²) in [6, 6.07) is 8.59. The molecule has 7 nitrogen and oxygen atoms in total. The maximum absolute atomic E-state index is 11.9. The fourth-order valence-electron chi connectivity index (χ4n) is 3.45. The van der Waals surface area contributed by atoms with Gasteiger partial charge in [-0.2, -0.15) is 0 Å². The van der Waals surface area contributed by atoms with Gasteiger partial charge in [-0.05, 0) is 31.9 Å². The predicted octanol–water partition coefficient (Wildman–Crippen LogP) is 1.24. The zero-order chi connectivity index (χ0) is 18.4. The van der Waals surface area contributed by atoms with Gasteiger partial charge in [0.15, 0.2) is 5.70 Å². The van der Waals surface area contributed by atoms with Crippen LogP contribution in [0.3, 0.4) is 0 Å². The second-order valence-corrected chi connectivity index (χ2v) is 6.63. The van der Waals surface area contributed by atoms with Crippen LogP contribution in [0.2, 0.25) is 0 Å². The van der Waals surface area contributed by atoms with E-state index in [0.29, 0.717) is 12.3 Å². The van der Waals surface area contributed by atoms with E-state index >= 15 is 0 Å². The topological polar surface area (TPSA) is 60.1 Å². The number of ether oxygens (including phenoxy) is 1. The first-order valence-corrected chi connectivity index (χ1v) is 9.38. The number of piperazine rings is 1. The molecule has 142 valence electrons. The highest BCUT2D eigenvalue weighted by Gasteiger charge is 2.23. The Morgan fingerprint density at radius 1 is 1.15 bits per heavy atom. The third kappa shape index (κ3) is 4.47. The van der Waals surface area contributed by atoms with Crippen LogP contribution in [0.25, 0.3) is 0 Å². The Morgan fingerprint density at radius 2 is 1.92 bits per heavy atom. The van der Waals surface area contributed by atoms with Crippen molar-refractivity contribution in [3.05, 3.63) is 41.7 Å². The molecule has 1 aromatic carbocycles. The lowest BCUT2D eigenvalue weighted by Crippen LogP contribution is -2.47. The molecule has 1 saturated heterocycles. The number of anilines is 1. The van der Waals surface area contributed by atoms with Crippen molar-refractivity contribution < 1.29 is 9.53 Å². The molecule has 0 aliphatic carbocycles. The van der Waals surface area contributed by atoms with Crippen LogP contribution in [0.1, 0.15) is 18.9 Å². The van der Waals surface area contributed by atoms with E-state index in [1.165, 1.54) is 11.3 Å². The Hall–Kier alpha value is -2.25. The third-order valence-corrected chi connectivity index (χ3v) is 4.87. The van der Waals surface area contributed by atoms with Gasteiger partial charge in [-0.3, -0.25) is 9.91 Å². The molecule has 0 saturated carbocycles. The molecular weight excluding hydrogens is 330 g/mol. The van der Waals surface area contributed by atoms with Gasteiger partial charge < -0.3 is 15.1 Å². The number of hydrogen-bond acceptors (Lipinski definition) is 7. The zero-order valence-electron chi connectivity index (χ0n) is 15.7. The second-order valence-electron chi connectivity index (χ2n) is 6.63.